The molecule has 0 atom stereocenters. The van der Waals surface area contributed by atoms with Gasteiger partial charge in [-0.2, -0.15) is 13.2 Å². The summed E-state index contributed by atoms with van der Waals surface area (Å²) >= 11 is 0. The number of ketones is 1. The Hall–Kier alpha value is -2.36. The van der Waals surface area contributed by atoms with Gasteiger partial charge in [0.2, 0.25) is 5.91 Å². The number of aryl methyl sites for hydroxylation is 1. The number of hydrogen-bond donors (Lipinski definition) is 0. The minimum atomic E-state index is -4.88. The first kappa shape index (κ1) is 25.3. The average Bonchev–Trinajstić information content (AvgIpc) is 3.07. The molecular weight excluding hydrogens is 437 g/mol. The standard InChI is InChI=1S/C23H33F3N4O3/c1-15(2)30-16(3)13-19(17(30)4)20(31)14-27-9-11-28(12-10-27)21(32)18-5-7-29(8-6-18)22(33)23(24,25)26/h13,15,18H,5-12,14H2,1-4H3. The molecule has 184 valence electrons. The SMILES string of the molecule is Cc1cc(C(=O)CN2CCN(C(=O)C3CCN(C(=O)C(F)(F)F)CC3)CC2)c(C)n1C(C)C. The number of carbonyl (C=O) groups is 3. The van der Waals surface area contributed by atoms with Gasteiger partial charge in [-0.15, -0.1) is 0 Å². The molecule has 2 aliphatic rings. The predicted octanol–water partition coefficient (Wildman–Crippen LogP) is 2.81. The van der Waals surface area contributed by atoms with Gasteiger partial charge in [0, 0.05) is 68.2 Å². The molecular formula is C23H33F3N4O3. The maximum Gasteiger partial charge on any atom is 0.471 e. The van der Waals surface area contributed by atoms with E-state index in [9.17, 15) is 27.6 Å². The maximum absolute atomic E-state index is 12.9. The quantitative estimate of drug-likeness (QED) is 0.621. The van der Waals surface area contributed by atoms with Crippen molar-refractivity contribution in [1.29, 1.82) is 0 Å². The van der Waals surface area contributed by atoms with E-state index >= 15 is 0 Å². The van der Waals surface area contributed by atoms with Crippen molar-refractivity contribution in [3.63, 3.8) is 0 Å². The number of aromatic nitrogens is 1. The number of nitrogens with zero attached hydrogens (tertiary/aromatic N) is 4. The van der Waals surface area contributed by atoms with Crippen molar-refractivity contribution in [2.75, 3.05) is 45.8 Å². The van der Waals surface area contributed by atoms with Crippen molar-refractivity contribution in [2.24, 2.45) is 5.92 Å². The second-order valence-electron chi connectivity index (χ2n) is 9.34. The fourth-order valence-electron chi connectivity index (χ4n) is 5.04. The highest BCUT2D eigenvalue weighted by atomic mass is 19.4. The Balaban J connectivity index is 1.48. The zero-order chi connectivity index (χ0) is 24.5. The molecule has 7 nitrogen and oxygen atoms in total. The van der Waals surface area contributed by atoms with Gasteiger partial charge in [0.25, 0.3) is 0 Å². The van der Waals surface area contributed by atoms with Crippen LogP contribution in [0.5, 0.6) is 0 Å². The van der Waals surface area contributed by atoms with Gasteiger partial charge in [0.15, 0.2) is 5.78 Å². The predicted molar refractivity (Wildman–Crippen MR) is 117 cm³/mol. The van der Waals surface area contributed by atoms with Crippen molar-refractivity contribution < 1.29 is 27.6 Å². The van der Waals surface area contributed by atoms with Crippen LogP contribution >= 0.6 is 0 Å². The molecule has 33 heavy (non-hydrogen) atoms. The van der Waals surface area contributed by atoms with Crippen LogP contribution in [0.1, 0.15) is 54.5 Å². The van der Waals surface area contributed by atoms with Gasteiger partial charge in [0.1, 0.15) is 0 Å². The fourth-order valence-corrected chi connectivity index (χ4v) is 5.04. The number of piperidine rings is 1. The first-order valence-electron chi connectivity index (χ1n) is 11.5. The summed E-state index contributed by atoms with van der Waals surface area (Å²) in [7, 11) is 0. The van der Waals surface area contributed by atoms with Crippen LogP contribution in [0.4, 0.5) is 13.2 Å². The normalized spacial score (nSPS) is 18.8. The Labute approximate surface area is 192 Å². The van der Waals surface area contributed by atoms with Crippen molar-refractivity contribution >= 4 is 17.6 Å². The van der Waals surface area contributed by atoms with Crippen LogP contribution in [0.3, 0.4) is 0 Å². The lowest BCUT2D eigenvalue weighted by atomic mass is 9.95. The summed E-state index contributed by atoms with van der Waals surface area (Å²) in [5.41, 5.74) is 2.76. The Kier molecular flexibility index (Phi) is 7.55. The van der Waals surface area contributed by atoms with Gasteiger partial charge < -0.3 is 14.4 Å². The van der Waals surface area contributed by atoms with E-state index in [0.717, 1.165) is 21.9 Å². The highest BCUT2D eigenvalue weighted by Gasteiger charge is 2.44. The minimum Gasteiger partial charge on any atom is -0.346 e. The third kappa shape index (κ3) is 5.59. The molecule has 3 heterocycles. The third-order valence-corrected chi connectivity index (χ3v) is 6.73. The molecule has 0 aliphatic carbocycles. The van der Waals surface area contributed by atoms with Gasteiger partial charge in [-0.3, -0.25) is 19.3 Å². The zero-order valence-electron chi connectivity index (χ0n) is 19.7. The molecule has 1 aromatic heterocycles. The molecule has 2 amide bonds. The number of piperazine rings is 1. The van der Waals surface area contributed by atoms with Crippen LogP contribution in [-0.2, 0) is 9.59 Å². The van der Waals surface area contributed by atoms with Gasteiger partial charge in [-0.05, 0) is 46.6 Å². The molecule has 10 heteroatoms. The van der Waals surface area contributed by atoms with Gasteiger partial charge in [0.05, 0.1) is 6.54 Å². The number of carbonyl (C=O) groups excluding carboxylic acids is 3. The van der Waals surface area contributed by atoms with Crippen molar-refractivity contribution in [3.8, 4) is 0 Å². The molecule has 2 saturated heterocycles. The van der Waals surface area contributed by atoms with E-state index < -0.39 is 12.1 Å². The number of hydrogen-bond acceptors (Lipinski definition) is 4. The number of rotatable bonds is 5. The monoisotopic (exact) mass is 470 g/mol. The summed E-state index contributed by atoms with van der Waals surface area (Å²) in [6.07, 6.45) is -4.39. The molecule has 0 unspecified atom stereocenters. The molecule has 0 radical (unpaired) electrons. The number of amides is 2. The zero-order valence-corrected chi connectivity index (χ0v) is 19.7. The first-order chi connectivity index (χ1) is 15.4. The number of Topliss-reactive ketones (excluding diaryl/α,β-unsaturated/α-hetero) is 1. The van der Waals surface area contributed by atoms with Crippen LogP contribution in [0, 0.1) is 19.8 Å². The van der Waals surface area contributed by atoms with Crippen LogP contribution in [0.15, 0.2) is 6.07 Å². The summed E-state index contributed by atoms with van der Waals surface area (Å²) in [5.74, 6) is -2.20. The molecule has 0 N–H and O–H groups in total. The van der Waals surface area contributed by atoms with E-state index in [1.165, 1.54) is 0 Å². The Morgan fingerprint density at radius 3 is 2.03 bits per heavy atom. The van der Waals surface area contributed by atoms with Crippen LogP contribution in [0.2, 0.25) is 0 Å². The second-order valence-corrected chi connectivity index (χ2v) is 9.34. The van der Waals surface area contributed by atoms with E-state index in [0.29, 0.717) is 32.7 Å². The number of alkyl halides is 3. The molecule has 2 aliphatic heterocycles. The lowest BCUT2D eigenvalue weighted by Gasteiger charge is -2.38. The third-order valence-electron chi connectivity index (χ3n) is 6.73. The Bertz CT molecular complexity index is 893. The van der Waals surface area contributed by atoms with Crippen molar-refractivity contribution in [1.82, 2.24) is 19.3 Å². The molecule has 1 aromatic rings. The number of halogens is 3. The topological polar surface area (TPSA) is 65.9 Å². The largest absolute Gasteiger partial charge is 0.471 e. The number of likely N-dealkylation sites (tertiary alicyclic amines) is 1. The van der Waals surface area contributed by atoms with E-state index in [1.54, 1.807) is 4.90 Å². The maximum atomic E-state index is 12.9. The highest BCUT2D eigenvalue weighted by molar-refractivity contribution is 5.99. The fraction of sp³-hybridized carbons (Fsp3) is 0.696. The molecule has 3 rings (SSSR count). The van der Waals surface area contributed by atoms with Gasteiger partial charge in [-0.25, -0.2) is 0 Å². The molecule has 0 aromatic carbocycles. The van der Waals surface area contributed by atoms with Crippen LogP contribution < -0.4 is 0 Å². The summed E-state index contributed by atoms with van der Waals surface area (Å²) in [6.45, 7) is 10.4. The van der Waals surface area contributed by atoms with E-state index in [2.05, 4.69) is 18.4 Å². The van der Waals surface area contributed by atoms with Crippen molar-refractivity contribution in [2.45, 2.75) is 52.8 Å². The summed E-state index contributed by atoms with van der Waals surface area (Å²) < 4.78 is 39.9. The lowest BCUT2D eigenvalue weighted by molar-refractivity contribution is -0.187. The average molecular weight is 471 g/mol. The summed E-state index contributed by atoms with van der Waals surface area (Å²) in [6, 6.07) is 2.22. The van der Waals surface area contributed by atoms with E-state index in [4.69, 9.17) is 0 Å². The molecule has 0 saturated carbocycles. The lowest BCUT2D eigenvalue weighted by Crippen LogP contribution is -2.53. The van der Waals surface area contributed by atoms with Crippen LogP contribution in [0.25, 0.3) is 0 Å². The Morgan fingerprint density at radius 1 is 0.970 bits per heavy atom. The minimum absolute atomic E-state index is 0.0575. The first-order valence-corrected chi connectivity index (χ1v) is 11.5. The molecule has 2 fully saturated rings. The van der Waals surface area contributed by atoms with E-state index in [-0.39, 0.29) is 49.6 Å². The van der Waals surface area contributed by atoms with Crippen molar-refractivity contribution in [3.05, 3.63) is 23.0 Å². The van der Waals surface area contributed by atoms with Gasteiger partial charge >= 0.3 is 12.1 Å². The smallest absolute Gasteiger partial charge is 0.346 e. The molecule has 0 bridgehead atoms. The Morgan fingerprint density at radius 2 is 1.55 bits per heavy atom. The summed E-state index contributed by atoms with van der Waals surface area (Å²) in [5, 5.41) is 0. The second kappa shape index (κ2) is 9.87. The van der Waals surface area contributed by atoms with Gasteiger partial charge in [-0.1, -0.05) is 0 Å². The summed E-state index contributed by atoms with van der Waals surface area (Å²) in [4.78, 5) is 41.7. The van der Waals surface area contributed by atoms with E-state index in [1.807, 2.05) is 24.8 Å². The highest BCUT2D eigenvalue weighted by Crippen LogP contribution is 2.26. The molecule has 0 spiro atoms. The van der Waals surface area contributed by atoms with Crippen LogP contribution in [-0.4, -0.2) is 88.9 Å².